The van der Waals surface area contributed by atoms with Crippen molar-refractivity contribution in [2.75, 3.05) is 5.75 Å². The minimum Gasteiger partial charge on any atom is -0.223 e. The number of hydrogen-bond donors (Lipinski definition) is 0. The van der Waals surface area contributed by atoms with Gasteiger partial charge in [0.25, 0.3) is 0 Å². The number of benzene rings is 3. The van der Waals surface area contributed by atoms with E-state index in [1.807, 2.05) is 54.6 Å². The molecule has 0 bridgehead atoms. The topological polar surface area (TPSA) is 34.1 Å². The molecule has 0 amide bonds. The van der Waals surface area contributed by atoms with E-state index in [-0.39, 0.29) is 5.75 Å². The van der Waals surface area contributed by atoms with Gasteiger partial charge in [-0.3, -0.25) is 0 Å². The first-order chi connectivity index (χ1) is 10.7. The zero-order valence-electron chi connectivity index (χ0n) is 12.0. The predicted molar refractivity (Wildman–Crippen MR) is 91.5 cm³/mol. The van der Waals surface area contributed by atoms with Gasteiger partial charge in [-0.05, 0) is 28.5 Å². The summed E-state index contributed by atoms with van der Waals surface area (Å²) in [4.78, 5) is 0.359. The van der Waals surface area contributed by atoms with Crippen molar-refractivity contribution < 1.29 is 8.42 Å². The average Bonchev–Trinajstić information content (AvgIpc) is 2.56. The van der Waals surface area contributed by atoms with Gasteiger partial charge in [-0.2, -0.15) is 0 Å². The Balaban J connectivity index is 1.85. The molecule has 0 aliphatic rings. The molecular formula is C19H16O2S. The van der Waals surface area contributed by atoms with Gasteiger partial charge in [0.2, 0.25) is 0 Å². The van der Waals surface area contributed by atoms with E-state index in [2.05, 4.69) is 0 Å². The number of sulfone groups is 1. The molecule has 0 atom stereocenters. The van der Waals surface area contributed by atoms with Gasteiger partial charge >= 0.3 is 0 Å². The summed E-state index contributed by atoms with van der Waals surface area (Å²) in [6.07, 6.45) is 3.59. The first-order valence-electron chi connectivity index (χ1n) is 7.09. The molecule has 0 radical (unpaired) electrons. The fourth-order valence-electron chi connectivity index (χ4n) is 2.42. The standard InChI is InChI=1S/C19H16O2S/c20-22(21,18-12-2-1-3-13-18)15-7-11-17-10-6-9-16-8-4-5-14-19(16)17/h1-14H,15H2/b11-7+. The third-order valence-corrected chi connectivity index (χ3v) is 5.16. The summed E-state index contributed by atoms with van der Waals surface area (Å²) < 4.78 is 24.5. The quantitative estimate of drug-likeness (QED) is 0.719. The molecule has 3 heteroatoms. The van der Waals surface area contributed by atoms with Gasteiger partial charge in [0, 0.05) is 0 Å². The van der Waals surface area contributed by atoms with E-state index in [1.165, 1.54) is 0 Å². The molecule has 0 aliphatic heterocycles. The highest BCUT2D eigenvalue weighted by Crippen LogP contribution is 2.20. The van der Waals surface area contributed by atoms with Crippen LogP contribution in [0.15, 0.2) is 83.8 Å². The monoisotopic (exact) mass is 308 g/mol. The van der Waals surface area contributed by atoms with Crippen LogP contribution >= 0.6 is 0 Å². The van der Waals surface area contributed by atoms with Crippen molar-refractivity contribution in [1.29, 1.82) is 0 Å². The largest absolute Gasteiger partial charge is 0.223 e. The molecule has 3 rings (SSSR count). The van der Waals surface area contributed by atoms with Crippen LogP contribution in [-0.4, -0.2) is 14.2 Å². The number of hydrogen-bond acceptors (Lipinski definition) is 2. The molecule has 110 valence electrons. The van der Waals surface area contributed by atoms with Crippen molar-refractivity contribution in [3.05, 3.63) is 84.4 Å². The Labute approximate surface area is 130 Å². The van der Waals surface area contributed by atoms with E-state index in [1.54, 1.807) is 30.3 Å². The summed E-state index contributed by atoms with van der Waals surface area (Å²) in [5, 5.41) is 2.27. The Morgan fingerprint density at radius 1 is 0.773 bits per heavy atom. The molecule has 0 unspecified atom stereocenters. The van der Waals surface area contributed by atoms with Gasteiger partial charge in [-0.15, -0.1) is 0 Å². The summed E-state index contributed by atoms with van der Waals surface area (Å²) in [6.45, 7) is 0. The van der Waals surface area contributed by atoms with Crippen molar-refractivity contribution in [3.63, 3.8) is 0 Å². The third-order valence-electron chi connectivity index (χ3n) is 3.54. The number of rotatable bonds is 4. The van der Waals surface area contributed by atoms with Gasteiger partial charge in [-0.25, -0.2) is 8.42 Å². The maximum Gasteiger partial charge on any atom is 0.181 e. The zero-order valence-corrected chi connectivity index (χ0v) is 12.8. The lowest BCUT2D eigenvalue weighted by Crippen LogP contribution is -2.04. The van der Waals surface area contributed by atoms with Crippen molar-refractivity contribution in [1.82, 2.24) is 0 Å². The lowest BCUT2D eigenvalue weighted by atomic mass is 10.0. The fourth-order valence-corrected chi connectivity index (χ4v) is 3.54. The van der Waals surface area contributed by atoms with Crippen LogP contribution < -0.4 is 0 Å². The Morgan fingerprint density at radius 3 is 2.27 bits per heavy atom. The van der Waals surface area contributed by atoms with E-state index in [4.69, 9.17) is 0 Å². The van der Waals surface area contributed by atoms with Crippen LogP contribution in [0.4, 0.5) is 0 Å². The van der Waals surface area contributed by atoms with E-state index < -0.39 is 9.84 Å². The molecule has 0 saturated carbocycles. The SMILES string of the molecule is O=S(=O)(C/C=C/c1cccc2ccccc12)c1ccccc1. The lowest BCUT2D eigenvalue weighted by Gasteiger charge is -2.03. The number of fused-ring (bicyclic) bond motifs is 1. The molecule has 0 heterocycles. The van der Waals surface area contributed by atoms with Crippen molar-refractivity contribution in [2.45, 2.75) is 4.90 Å². The highest BCUT2D eigenvalue weighted by molar-refractivity contribution is 7.91. The van der Waals surface area contributed by atoms with Crippen molar-refractivity contribution in [3.8, 4) is 0 Å². The van der Waals surface area contributed by atoms with Crippen LogP contribution in [0, 0.1) is 0 Å². The van der Waals surface area contributed by atoms with Crippen molar-refractivity contribution in [2.24, 2.45) is 0 Å². The van der Waals surface area contributed by atoms with Gasteiger partial charge in [0.15, 0.2) is 9.84 Å². The average molecular weight is 308 g/mol. The minimum absolute atomic E-state index is 0.000233. The van der Waals surface area contributed by atoms with Gasteiger partial charge in [0.1, 0.15) is 0 Å². The normalized spacial score (nSPS) is 12.0. The first-order valence-corrected chi connectivity index (χ1v) is 8.74. The van der Waals surface area contributed by atoms with E-state index >= 15 is 0 Å². The fraction of sp³-hybridized carbons (Fsp3) is 0.0526. The summed E-state index contributed by atoms with van der Waals surface area (Å²) in [5.74, 6) is 0.000233. The van der Waals surface area contributed by atoms with Crippen LogP contribution in [-0.2, 0) is 9.84 Å². The molecular weight excluding hydrogens is 292 g/mol. The molecule has 0 aromatic heterocycles. The minimum atomic E-state index is -3.27. The summed E-state index contributed by atoms with van der Waals surface area (Å²) >= 11 is 0. The van der Waals surface area contributed by atoms with Crippen molar-refractivity contribution >= 4 is 26.7 Å². The second-order valence-electron chi connectivity index (χ2n) is 5.07. The summed E-state index contributed by atoms with van der Waals surface area (Å²) in [6, 6.07) is 22.6. The van der Waals surface area contributed by atoms with Crippen LogP contribution in [0.1, 0.15) is 5.56 Å². The van der Waals surface area contributed by atoms with Crippen LogP contribution in [0.5, 0.6) is 0 Å². The third kappa shape index (κ3) is 3.10. The molecule has 0 aliphatic carbocycles. The second-order valence-corrected chi connectivity index (χ2v) is 7.10. The van der Waals surface area contributed by atoms with Crippen LogP contribution in [0.2, 0.25) is 0 Å². The van der Waals surface area contributed by atoms with Gasteiger partial charge in [-0.1, -0.05) is 72.8 Å². The van der Waals surface area contributed by atoms with Crippen LogP contribution in [0.25, 0.3) is 16.8 Å². The predicted octanol–water partition coefficient (Wildman–Crippen LogP) is 4.33. The second kappa shape index (κ2) is 6.16. The molecule has 0 N–H and O–H groups in total. The zero-order chi connectivity index (χ0) is 15.4. The summed E-state index contributed by atoms with van der Waals surface area (Å²) in [5.41, 5.74) is 1.03. The van der Waals surface area contributed by atoms with E-state index in [0.29, 0.717) is 4.90 Å². The molecule has 0 fully saturated rings. The molecule has 22 heavy (non-hydrogen) atoms. The smallest absolute Gasteiger partial charge is 0.181 e. The first kappa shape index (κ1) is 14.5. The van der Waals surface area contributed by atoms with Gasteiger partial charge < -0.3 is 0 Å². The maximum absolute atomic E-state index is 12.2. The summed E-state index contributed by atoms with van der Waals surface area (Å²) in [7, 11) is -3.27. The Kier molecular flexibility index (Phi) is 4.07. The Bertz CT molecular complexity index is 905. The highest BCUT2D eigenvalue weighted by atomic mass is 32.2. The Morgan fingerprint density at radius 2 is 1.45 bits per heavy atom. The van der Waals surface area contributed by atoms with E-state index in [0.717, 1.165) is 16.3 Å². The van der Waals surface area contributed by atoms with Crippen LogP contribution in [0.3, 0.4) is 0 Å². The lowest BCUT2D eigenvalue weighted by molar-refractivity contribution is 0.599. The Hall–Kier alpha value is -2.39. The van der Waals surface area contributed by atoms with E-state index in [9.17, 15) is 8.42 Å². The highest BCUT2D eigenvalue weighted by Gasteiger charge is 2.11. The maximum atomic E-state index is 12.2. The molecule has 0 spiro atoms. The molecule has 2 nitrogen and oxygen atoms in total. The molecule has 0 saturated heterocycles. The van der Waals surface area contributed by atoms with Gasteiger partial charge in [0.05, 0.1) is 10.6 Å². The molecule has 3 aromatic carbocycles. The molecule has 3 aromatic rings.